The molecule has 0 aliphatic rings. The van der Waals surface area contributed by atoms with E-state index in [1.54, 1.807) is 24.3 Å². The van der Waals surface area contributed by atoms with Crippen molar-refractivity contribution in [1.82, 2.24) is 5.43 Å². The molecule has 7 heteroatoms. The minimum Gasteiger partial charge on any atom is -0.444 e. The Labute approximate surface area is 127 Å². The lowest BCUT2D eigenvalue weighted by molar-refractivity contribution is 0.0926. The number of rotatable bonds is 3. The van der Waals surface area contributed by atoms with Crippen LogP contribution >= 0.6 is 39.1 Å². The summed E-state index contributed by atoms with van der Waals surface area (Å²) >= 11 is 15.0. The van der Waals surface area contributed by atoms with Gasteiger partial charge in [-0.25, -0.2) is 5.43 Å². The number of furan rings is 1. The standard InChI is InChI=1S/C12H7BrCl2N2O2/c13-11-5-4-10(19-11)12(18)17-16-6-7-8(14)2-1-3-9(7)15/h1-6H,(H,17,18)/b16-6-. The van der Waals surface area contributed by atoms with Gasteiger partial charge in [-0.15, -0.1) is 0 Å². The maximum atomic E-state index is 11.6. The zero-order chi connectivity index (χ0) is 13.8. The van der Waals surface area contributed by atoms with Gasteiger partial charge in [-0.3, -0.25) is 4.79 Å². The number of halogens is 3. The number of nitrogens with one attached hydrogen (secondary N) is 1. The molecule has 0 aliphatic carbocycles. The zero-order valence-corrected chi connectivity index (χ0v) is 12.5. The largest absolute Gasteiger partial charge is 0.444 e. The number of carbonyl (C=O) groups excluding carboxylic acids is 1. The van der Waals surface area contributed by atoms with Crippen LogP contribution in [0.4, 0.5) is 0 Å². The third-order valence-electron chi connectivity index (χ3n) is 2.16. The lowest BCUT2D eigenvalue weighted by Gasteiger charge is -2.00. The Kier molecular flexibility index (Phi) is 4.63. The predicted octanol–water partition coefficient (Wildman–Crippen LogP) is 4.11. The molecule has 0 fully saturated rings. The van der Waals surface area contributed by atoms with Crippen molar-refractivity contribution in [2.75, 3.05) is 0 Å². The van der Waals surface area contributed by atoms with Gasteiger partial charge in [0.15, 0.2) is 10.4 Å². The minimum absolute atomic E-state index is 0.147. The van der Waals surface area contributed by atoms with Crippen LogP contribution in [-0.2, 0) is 0 Å². The summed E-state index contributed by atoms with van der Waals surface area (Å²) < 4.78 is 5.54. The molecule has 0 atom stereocenters. The number of carbonyl (C=O) groups is 1. The molecule has 0 unspecified atom stereocenters. The predicted molar refractivity (Wildman–Crippen MR) is 77.9 cm³/mol. The van der Waals surface area contributed by atoms with E-state index in [1.165, 1.54) is 12.3 Å². The molecule has 0 bridgehead atoms. The molecule has 1 heterocycles. The van der Waals surface area contributed by atoms with Crippen LogP contribution < -0.4 is 5.43 Å². The lowest BCUT2D eigenvalue weighted by atomic mass is 10.2. The summed E-state index contributed by atoms with van der Waals surface area (Å²) in [5.41, 5.74) is 2.85. The summed E-state index contributed by atoms with van der Waals surface area (Å²) in [4.78, 5) is 11.6. The summed E-state index contributed by atoms with van der Waals surface area (Å²) in [5, 5.41) is 4.68. The average molecular weight is 362 g/mol. The molecule has 0 spiro atoms. The SMILES string of the molecule is O=C(N/N=C\c1c(Cl)cccc1Cl)c1ccc(Br)o1. The van der Waals surface area contributed by atoms with Gasteiger partial charge in [0.2, 0.25) is 0 Å². The number of benzene rings is 1. The highest BCUT2D eigenvalue weighted by molar-refractivity contribution is 9.10. The van der Waals surface area contributed by atoms with Crippen LogP contribution in [0.1, 0.15) is 16.1 Å². The van der Waals surface area contributed by atoms with Gasteiger partial charge in [-0.05, 0) is 40.2 Å². The molecule has 1 aromatic heterocycles. The van der Waals surface area contributed by atoms with E-state index in [9.17, 15) is 4.79 Å². The van der Waals surface area contributed by atoms with E-state index in [1.807, 2.05) is 0 Å². The van der Waals surface area contributed by atoms with Crippen LogP contribution in [0.5, 0.6) is 0 Å². The fourth-order valence-electron chi connectivity index (χ4n) is 1.28. The van der Waals surface area contributed by atoms with Crippen molar-refractivity contribution in [2.24, 2.45) is 5.10 Å². The second-order valence-electron chi connectivity index (χ2n) is 3.44. The van der Waals surface area contributed by atoms with Crippen molar-refractivity contribution in [2.45, 2.75) is 0 Å². The molecule has 19 heavy (non-hydrogen) atoms. The van der Waals surface area contributed by atoms with Crippen LogP contribution in [-0.4, -0.2) is 12.1 Å². The molecule has 2 aromatic rings. The molecule has 0 radical (unpaired) electrons. The van der Waals surface area contributed by atoms with Crippen LogP contribution in [0.3, 0.4) is 0 Å². The third kappa shape index (κ3) is 3.59. The summed E-state index contributed by atoms with van der Waals surface area (Å²) in [6.07, 6.45) is 1.38. The van der Waals surface area contributed by atoms with Gasteiger partial charge in [0.05, 0.1) is 16.3 Å². The highest BCUT2D eigenvalue weighted by Gasteiger charge is 2.09. The van der Waals surface area contributed by atoms with Crippen LogP contribution in [0.2, 0.25) is 10.0 Å². The number of hydrogen-bond acceptors (Lipinski definition) is 3. The van der Waals surface area contributed by atoms with Crippen LogP contribution in [0.15, 0.2) is 44.5 Å². The van der Waals surface area contributed by atoms with Crippen molar-refractivity contribution in [3.8, 4) is 0 Å². The molecule has 1 aromatic carbocycles. The van der Waals surface area contributed by atoms with Crippen molar-refractivity contribution in [3.63, 3.8) is 0 Å². The smallest absolute Gasteiger partial charge is 0.307 e. The van der Waals surface area contributed by atoms with Crippen molar-refractivity contribution >= 4 is 51.3 Å². The van der Waals surface area contributed by atoms with Gasteiger partial charge in [0, 0.05) is 5.56 Å². The molecule has 0 saturated heterocycles. The molecule has 1 amide bonds. The summed E-state index contributed by atoms with van der Waals surface area (Å²) in [7, 11) is 0. The third-order valence-corrected chi connectivity index (χ3v) is 3.24. The van der Waals surface area contributed by atoms with Crippen LogP contribution in [0.25, 0.3) is 0 Å². The van der Waals surface area contributed by atoms with Crippen LogP contribution in [0, 0.1) is 0 Å². The van der Waals surface area contributed by atoms with Gasteiger partial charge in [-0.1, -0.05) is 29.3 Å². The Morgan fingerprint density at radius 1 is 1.26 bits per heavy atom. The van der Waals surface area contributed by atoms with E-state index in [2.05, 4.69) is 26.5 Å². The topological polar surface area (TPSA) is 54.6 Å². The summed E-state index contributed by atoms with van der Waals surface area (Å²) in [6, 6.07) is 8.22. The number of hydrogen-bond donors (Lipinski definition) is 1. The Morgan fingerprint density at radius 2 is 1.95 bits per heavy atom. The number of nitrogens with zero attached hydrogens (tertiary/aromatic N) is 1. The van der Waals surface area contributed by atoms with Crippen molar-refractivity contribution < 1.29 is 9.21 Å². The van der Waals surface area contributed by atoms with Gasteiger partial charge in [0.25, 0.3) is 0 Å². The monoisotopic (exact) mass is 360 g/mol. The van der Waals surface area contributed by atoms with E-state index in [-0.39, 0.29) is 5.76 Å². The van der Waals surface area contributed by atoms with Crippen molar-refractivity contribution in [1.29, 1.82) is 0 Å². The quantitative estimate of drug-likeness (QED) is 0.660. The normalized spacial score (nSPS) is 10.9. The van der Waals surface area contributed by atoms with E-state index >= 15 is 0 Å². The molecular formula is C12H7BrCl2N2O2. The first-order chi connectivity index (χ1) is 9.08. The van der Waals surface area contributed by atoms with E-state index < -0.39 is 5.91 Å². The maximum absolute atomic E-state index is 11.6. The highest BCUT2D eigenvalue weighted by atomic mass is 79.9. The van der Waals surface area contributed by atoms with Gasteiger partial charge >= 0.3 is 5.91 Å². The summed E-state index contributed by atoms with van der Waals surface area (Å²) in [5.74, 6) is -0.320. The Bertz CT molecular complexity index is 620. The Morgan fingerprint density at radius 3 is 2.53 bits per heavy atom. The zero-order valence-electron chi connectivity index (χ0n) is 9.36. The number of amides is 1. The highest BCUT2D eigenvalue weighted by Crippen LogP contribution is 2.22. The van der Waals surface area contributed by atoms with Gasteiger partial charge in [-0.2, -0.15) is 5.10 Å². The first-order valence-electron chi connectivity index (χ1n) is 5.10. The summed E-state index contributed by atoms with van der Waals surface area (Å²) in [6.45, 7) is 0. The Balaban J connectivity index is 2.06. The second-order valence-corrected chi connectivity index (χ2v) is 5.03. The minimum atomic E-state index is -0.467. The van der Waals surface area contributed by atoms with Crippen molar-refractivity contribution in [3.05, 3.63) is 56.4 Å². The van der Waals surface area contributed by atoms with Gasteiger partial charge in [0.1, 0.15) is 0 Å². The fraction of sp³-hybridized carbons (Fsp3) is 0. The lowest BCUT2D eigenvalue weighted by Crippen LogP contribution is -2.16. The average Bonchev–Trinajstić information content (AvgIpc) is 2.79. The second kappa shape index (κ2) is 6.23. The van der Waals surface area contributed by atoms with Gasteiger partial charge < -0.3 is 4.42 Å². The molecular weight excluding hydrogens is 355 g/mol. The van der Waals surface area contributed by atoms with E-state index in [0.717, 1.165) is 0 Å². The van der Waals surface area contributed by atoms with E-state index in [0.29, 0.717) is 20.3 Å². The molecule has 0 saturated carbocycles. The van der Waals surface area contributed by atoms with E-state index in [4.69, 9.17) is 27.6 Å². The maximum Gasteiger partial charge on any atom is 0.307 e. The molecule has 98 valence electrons. The molecule has 0 aliphatic heterocycles. The first-order valence-corrected chi connectivity index (χ1v) is 6.65. The first kappa shape index (κ1) is 14.1. The number of hydrazone groups is 1. The Hall–Kier alpha value is -1.30. The molecule has 1 N–H and O–H groups in total. The fourth-order valence-corrected chi connectivity index (χ4v) is 2.08. The molecule has 2 rings (SSSR count). The molecule has 4 nitrogen and oxygen atoms in total.